The maximum Gasteiger partial charge on any atom is 0.449 e. The number of hydrogen-bond donors (Lipinski definition) is 0. The van der Waals surface area contributed by atoms with Gasteiger partial charge in [0, 0.05) is 17.7 Å². The highest BCUT2D eigenvalue weighted by Crippen LogP contribution is 2.46. The van der Waals surface area contributed by atoms with Gasteiger partial charge in [-0.2, -0.15) is 13.2 Å². The number of methoxy groups -OCH3 is 1. The zero-order chi connectivity index (χ0) is 21.6. The van der Waals surface area contributed by atoms with Crippen molar-refractivity contribution < 1.29 is 32.6 Å². The van der Waals surface area contributed by atoms with Crippen molar-refractivity contribution in [3.63, 3.8) is 0 Å². The number of benzene rings is 2. The van der Waals surface area contributed by atoms with Crippen molar-refractivity contribution in [3.05, 3.63) is 76.9 Å². The molecule has 30 heavy (non-hydrogen) atoms. The molecule has 4 rings (SSSR count). The summed E-state index contributed by atoms with van der Waals surface area (Å²) in [5.41, 5.74) is -0.818. The van der Waals surface area contributed by atoms with Crippen LogP contribution in [-0.4, -0.2) is 30.3 Å². The number of ketones is 1. The fraction of sp³-hybridized carbons (Fsp3) is 0.182. The number of carboxylic acids is 1. The minimum Gasteiger partial charge on any atom is -0.545 e. The van der Waals surface area contributed by atoms with Crippen molar-refractivity contribution in [3.8, 4) is 5.75 Å². The van der Waals surface area contributed by atoms with E-state index >= 15 is 0 Å². The van der Waals surface area contributed by atoms with E-state index < -0.39 is 39.6 Å². The van der Waals surface area contributed by atoms with Crippen molar-refractivity contribution in [2.45, 2.75) is 27.6 Å². The summed E-state index contributed by atoms with van der Waals surface area (Å²) >= 11 is 0. The van der Waals surface area contributed by atoms with Gasteiger partial charge < -0.3 is 14.6 Å². The molecule has 2 aromatic rings. The quantitative estimate of drug-likeness (QED) is 0.553. The molecule has 2 atom stereocenters. The smallest absolute Gasteiger partial charge is 0.449 e. The van der Waals surface area contributed by atoms with E-state index in [0.717, 1.165) is 6.08 Å². The van der Waals surface area contributed by atoms with Crippen molar-refractivity contribution in [1.29, 1.82) is 0 Å². The Morgan fingerprint density at radius 1 is 1.20 bits per heavy atom. The summed E-state index contributed by atoms with van der Waals surface area (Å²) in [6.07, 6.45) is -1.31. The van der Waals surface area contributed by atoms with Crippen LogP contribution in [0.15, 0.2) is 69.5 Å². The van der Waals surface area contributed by atoms with Crippen LogP contribution in [0.2, 0.25) is 0 Å². The lowest BCUT2D eigenvalue weighted by molar-refractivity contribution is -0.255. The minimum atomic E-state index is -4.61. The molecule has 0 bridgehead atoms. The van der Waals surface area contributed by atoms with Crippen LogP contribution in [0.1, 0.15) is 27.1 Å². The molecule has 0 saturated carbocycles. The second kappa shape index (κ2) is 7.31. The third kappa shape index (κ3) is 3.28. The Morgan fingerprint density at radius 3 is 2.60 bits per heavy atom. The number of allylic oxidation sites excluding steroid dienone is 3. The first kappa shape index (κ1) is 20.2. The molecule has 0 saturated heterocycles. The van der Waals surface area contributed by atoms with Crippen LogP contribution in [-0.2, 0) is 10.9 Å². The second-order valence-electron chi connectivity index (χ2n) is 6.69. The summed E-state index contributed by atoms with van der Waals surface area (Å²) in [5, 5.41) is 10.8. The molecule has 0 spiro atoms. The van der Waals surface area contributed by atoms with Crippen molar-refractivity contribution in [1.82, 2.24) is 0 Å². The van der Waals surface area contributed by atoms with Crippen molar-refractivity contribution >= 4 is 22.6 Å². The number of aromatic carboxylic acids is 1. The van der Waals surface area contributed by atoms with Gasteiger partial charge in [-0.3, -0.25) is 0 Å². The summed E-state index contributed by atoms with van der Waals surface area (Å²) in [6.45, 7) is 0. The number of carbonyl (C=O) groups is 2. The minimum absolute atomic E-state index is 0.0287. The van der Waals surface area contributed by atoms with Crippen LogP contribution >= 0.6 is 0 Å². The van der Waals surface area contributed by atoms with Gasteiger partial charge in [-0.25, -0.2) is 4.79 Å². The Bertz CT molecular complexity index is 1120. The zero-order valence-electron chi connectivity index (χ0n) is 15.6. The van der Waals surface area contributed by atoms with E-state index in [2.05, 4.69) is 6.08 Å². The summed E-state index contributed by atoms with van der Waals surface area (Å²) in [6, 6.07) is 10.9. The molecule has 0 N–H and O–H groups in total. The number of fused-ring (bicyclic) bond motifs is 2. The van der Waals surface area contributed by atoms with Crippen LogP contribution in [0.25, 0.3) is 0 Å². The fourth-order valence-corrected chi connectivity index (χ4v) is 6.40. The van der Waals surface area contributed by atoms with Gasteiger partial charge in [0.15, 0.2) is 10.6 Å². The molecule has 1 aliphatic heterocycles. The topological polar surface area (TPSA) is 66.4 Å². The average Bonchev–Trinajstić information content (AvgIpc) is 2.73. The number of carbonyl (C=O) groups excluding carboxylic acids is 2. The number of hydrogen-bond acceptors (Lipinski definition) is 4. The summed E-state index contributed by atoms with van der Waals surface area (Å²) in [5.74, 6) is -1.49. The Labute approximate surface area is 173 Å². The molecule has 0 fully saturated rings. The molecular weight excluding hydrogens is 417 g/mol. The number of carboxylic acid groups (broad SMARTS) is 1. The monoisotopic (exact) mass is 431 g/mol. The fourth-order valence-electron chi connectivity index (χ4n) is 3.61. The first-order valence-corrected chi connectivity index (χ1v) is 10.2. The summed E-state index contributed by atoms with van der Waals surface area (Å²) < 4.78 is 45.2. The Kier molecular flexibility index (Phi) is 4.92. The van der Waals surface area contributed by atoms with Crippen LogP contribution in [0.4, 0.5) is 13.2 Å². The summed E-state index contributed by atoms with van der Waals surface area (Å²) in [7, 11) is 0.475. The molecule has 2 aromatic carbocycles. The van der Waals surface area contributed by atoms with Gasteiger partial charge in [0.05, 0.1) is 36.5 Å². The highest BCUT2D eigenvalue weighted by molar-refractivity contribution is 7.98. The number of ether oxygens (including phenoxy) is 1. The maximum atomic E-state index is 13.3. The Balaban J connectivity index is 1.95. The van der Waals surface area contributed by atoms with Gasteiger partial charge >= 0.3 is 12.0 Å². The molecule has 1 aliphatic carbocycles. The third-order valence-corrected chi connectivity index (χ3v) is 7.59. The molecule has 152 valence electrons. The van der Waals surface area contributed by atoms with E-state index in [4.69, 9.17) is 4.74 Å². The van der Waals surface area contributed by atoms with Gasteiger partial charge in [0.1, 0.15) is 5.56 Å². The Morgan fingerprint density at radius 2 is 1.93 bits per heavy atom. The standard InChI is InChI=1S/C22H14F3O4S/c1-29-16-8-6-12(21(27)28)10-19(16)30-17-5-3-2-4-14(17)20(26)15-11-13(22(23,24)25)7-9-18(15)30/h2-8,10,18H,9H2,1H3/q+1. The van der Waals surface area contributed by atoms with E-state index in [9.17, 15) is 27.9 Å². The molecule has 0 amide bonds. The zero-order valence-corrected chi connectivity index (χ0v) is 16.4. The molecule has 1 heterocycles. The first-order valence-electron chi connectivity index (χ1n) is 8.89. The van der Waals surface area contributed by atoms with Crippen LogP contribution in [0.3, 0.4) is 0 Å². The SMILES string of the molecule is COc1ccc(C(=O)[O-])cc1[S+]1c2ccccc2C(=O)C2=[C+]C(C(F)(F)F)=CCC21. The molecule has 2 aliphatic rings. The number of Topliss-reactive ketones (excluding diaryl/α,β-unsaturated/α-hetero) is 1. The molecule has 0 radical (unpaired) electrons. The van der Waals surface area contributed by atoms with Gasteiger partial charge in [0.2, 0.25) is 21.3 Å². The number of halogens is 3. The van der Waals surface area contributed by atoms with Gasteiger partial charge in [0.25, 0.3) is 0 Å². The average molecular weight is 431 g/mol. The van der Waals surface area contributed by atoms with E-state index in [1.807, 2.05) is 0 Å². The molecule has 8 heteroatoms. The molecule has 2 unspecified atom stereocenters. The Hall–Kier alpha value is -3.09. The highest BCUT2D eigenvalue weighted by atomic mass is 32.2. The third-order valence-electron chi connectivity index (χ3n) is 4.97. The molecule has 4 nitrogen and oxygen atoms in total. The van der Waals surface area contributed by atoms with Crippen molar-refractivity contribution in [2.75, 3.05) is 7.11 Å². The van der Waals surface area contributed by atoms with E-state index in [0.29, 0.717) is 15.5 Å². The number of rotatable bonds is 3. The van der Waals surface area contributed by atoms with Crippen LogP contribution in [0.5, 0.6) is 5.75 Å². The lowest BCUT2D eigenvalue weighted by Gasteiger charge is -2.24. The van der Waals surface area contributed by atoms with E-state index in [-0.39, 0.29) is 23.1 Å². The lowest BCUT2D eigenvalue weighted by atomic mass is 9.91. The predicted molar refractivity (Wildman–Crippen MR) is 101 cm³/mol. The molecule has 0 aromatic heterocycles. The summed E-state index contributed by atoms with van der Waals surface area (Å²) in [4.78, 5) is 25.5. The van der Waals surface area contributed by atoms with Gasteiger partial charge in [-0.15, -0.1) is 0 Å². The van der Waals surface area contributed by atoms with Gasteiger partial charge in [-0.1, -0.05) is 12.1 Å². The van der Waals surface area contributed by atoms with Crippen LogP contribution in [0, 0.1) is 6.08 Å². The number of alkyl halides is 3. The normalized spacial score (nSPS) is 20.3. The predicted octanol–water partition coefficient (Wildman–Crippen LogP) is 3.28. The van der Waals surface area contributed by atoms with Crippen LogP contribution < -0.4 is 9.84 Å². The molecular formula is C22H14F3O4S+. The van der Waals surface area contributed by atoms with E-state index in [1.165, 1.54) is 25.3 Å². The van der Waals surface area contributed by atoms with E-state index in [1.54, 1.807) is 24.3 Å². The second-order valence-corrected chi connectivity index (χ2v) is 8.82. The highest BCUT2D eigenvalue weighted by Gasteiger charge is 2.56. The maximum absolute atomic E-state index is 13.3. The van der Waals surface area contributed by atoms with Crippen molar-refractivity contribution in [2.24, 2.45) is 0 Å². The lowest BCUT2D eigenvalue weighted by Crippen LogP contribution is -2.37. The largest absolute Gasteiger partial charge is 0.545 e. The first-order chi connectivity index (χ1) is 14.2. The van der Waals surface area contributed by atoms with Gasteiger partial charge in [-0.05, 0) is 24.3 Å².